The van der Waals surface area contributed by atoms with Crippen molar-refractivity contribution in [1.29, 1.82) is 0 Å². The van der Waals surface area contributed by atoms with Crippen molar-refractivity contribution in [3.05, 3.63) is 67.2 Å². The van der Waals surface area contributed by atoms with E-state index >= 15 is 0 Å². The highest BCUT2D eigenvalue weighted by molar-refractivity contribution is 14.1. The summed E-state index contributed by atoms with van der Waals surface area (Å²) in [4.78, 5) is 0.213. The smallest absolute Gasteiger partial charge is 0.0647 e. The third kappa shape index (κ3) is 3.09. The van der Waals surface area contributed by atoms with Gasteiger partial charge in [-0.3, -0.25) is 0 Å². The van der Waals surface area contributed by atoms with E-state index in [1.165, 1.54) is 20.3 Å². The number of aryl methyl sites for hydroxylation is 2. The van der Waals surface area contributed by atoms with E-state index in [4.69, 9.17) is 11.6 Å². The second-order valence-corrected chi connectivity index (χ2v) is 6.94. The summed E-state index contributed by atoms with van der Waals surface area (Å²) >= 11 is 12.2. The van der Waals surface area contributed by atoms with Gasteiger partial charge in [-0.05, 0) is 76.9 Å². The molecule has 3 heteroatoms. The molecule has 0 N–H and O–H groups in total. The zero-order valence-electron chi connectivity index (χ0n) is 10.2. The quantitative estimate of drug-likeness (QED) is 0.398. The molecule has 0 saturated carbocycles. The minimum Gasteiger partial charge on any atom is -0.0840 e. The average molecular weight is 436 g/mol. The van der Waals surface area contributed by atoms with E-state index in [1.807, 2.05) is 13.0 Å². The predicted molar refractivity (Wildman–Crippen MR) is 90.9 cm³/mol. The van der Waals surface area contributed by atoms with Gasteiger partial charge in [-0.2, -0.15) is 0 Å². The maximum Gasteiger partial charge on any atom is 0.0647 e. The Morgan fingerprint density at radius 2 is 1.67 bits per heavy atom. The molecule has 0 spiro atoms. The first-order valence-corrected chi connectivity index (χ1v) is 8.02. The van der Waals surface area contributed by atoms with Gasteiger partial charge in [-0.15, -0.1) is 0 Å². The van der Waals surface area contributed by atoms with E-state index in [9.17, 15) is 0 Å². The highest BCUT2D eigenvalue weighted by atomic mass is 127. The zero-order chi connectivity index (χ0) is 13.3. The lowest BCUT2D eigenvalue weighted by atomic mass is 9.98. The molecule has 0 nitrogen and oxygen atoms in total. The lowest BCUT2D eigenvalue weighted by Gasteiger charge is -2.15. The lowest BCUT2D eigenvalue weighted by Crippen LogP contribution is -1.97. The Balaban J connectivity index is 2.42. The van der Waals surface area contributed by atoms with Crippen LogP contribution in [0.4, 0.5) is 0 Å². The van der Waals surface area contributed by atoms with Crippen molar-refractivity contribution in [2.45, 2.75) is 18.7 Å². The van der Waals surface area contributed by atoms with Crippen LogP contribution in [0.2, 0.25) is 5.02 Å². The topological polar surface area (TPSA) is 0 Å². The number of hydrogen-bond acceptors (Lipinski definition) is 0. The normalized spacial score (nSPS) is 12.5. The molecule has 0 aliphatic heterocycles. The SMILES string of the molecule is Cc1cc(C(Br)c2ccc(I)cc2)c(C)cc1Cl. The molecule has 0 aliphatic rings. The molecule has 0 saturated heterocycles. The second kappa shape index (κ2) is 5.93. The van der Waals surface area contributed by atoms with Crippen LogP contribution in [-0.2, 0) is 0 Å². The number of halogens is 3. The van der Waals surface area contributed by atoms with Crippen molar-refractivity contribution in [3.8, 4) is 0 Å². The Hall–Kier alpha value is -0.0600. The third-order valence-corrected chi connectivity index (χ3v) is 5.13. The van der Waals surface area contributed by atoms with Crippen molar-refractivity contribution in [1.82, 2.24) is 0 Å². The number of rotatable bonds is 2. The van der Waals surface area contributed by atoms with Crippen molar-refractivity contribution in [2.24, 2.45) is 0 Å². The lowest BCUT2D eigenvalue weighted by molar-refractivity contribution is 1.13. The first-order valence-electron chi connectivity index (χ1n) is 5.65. The summed E-state index contributed by atoms with van der Waals surface area (Å²) in [5.74, 6) is 0. The van der Waals surface area contributed by atoms with Crippen molar-refractivity contribution < 1.29 is 0 Å². The Morgan fingerprint density at radius 1 is 1.06 bits per heavy atom. The van der Waals surface area contributed by atoms with Gasteiger partial charge in [-0.1, -0.05) is 45.7 Å². The van der Waals surface area contributed by atoms with Gasteiger partial charge in [0.05, 0.1) is 4.83 Å². The van der Waals surface area contributed by atoms with Crippen LogP contribution in [0, 0.1) is 17.4 Å². The Bertz CT molecular complexity index is 563. The Labute approximate surface area is 135 Å². The number of alkyl halides is 1. The van der Waals surface area contributed by atoms with Crippen molar-refractivity contribution in [3.63, 3.8) is 0 Å². The molecule has 94 valence electrons. The van der Waals surface area contributed by atoms with Gasteiger partial charge in [0.25, 0.3) is 0 Å². The highest BCUT2D eigenvalue weighted by Crippen LogP contribution is 2.35. The van der Waals surface area contributed by atoms with Crippen molar-refractivity contribution in [2.75, 3.05) is 0 Å². The van der Waals surface area contributed by atoms with Crippen LogP contribution in [0.25, 0.3) is 0 Å². The van der Waals surface area contributed by atoms with Gasteiger partial charge in [0, 0.05) is 8.59 Å². The van der Waals surface area contributed by atoms with E-state index in [2.05, 4.69) is 75.8 Å². The van der Waals surface area contributed by atoms with Crippen LogP contribution in [-0.4, -0.2) is 0 Å². The fraction of sp³-hybridized carbons (Fsp3) is 0.200. The fourth-order valence-corrected chi connectivity index (χ4v) is 3.26. The number of benzene rings is 2. The summed E-state index contributed by atoms with van der Waals surface area (Å²) in [5, 5.41) is 0.832. The van der Waals surface area contributed by atoms with Crippen LogP contribution in [0.5, 0.6) is 0 Å². The second-order valence-electron chi connectivity index (χ2n) is 4.37. The predicted octanol–water partition coefficient (Wildman–Crippen LogP) is 6.05. The maximum absolute atomic E-state index is 6.14. The van der Waals surface area contributed by atoms with E-state index in [1.54, 1.807) is 0 Å². The van der Waals surface area contributed by atoms with Gasteiger partial charge in [0.15, 0.2) is 0 Å². The van der Waals surface area contributed by atoms with Gasteiger partial charge >= 0.3 is 0 Å². The molecule has 0 amide bonds. The van der Waals surface area contributed by atoms with E-state index in [0.717, 1.165) is 10.6 Å². The molecule has 0 bridgehead atoms. The molecule has 2 aromatic rings. The molecule has 0 aromatic heterocycles. The van der Waals surface area contributed by atoms with Gasteiger partial charge in [-0.25, -0.2) is 0 Å². The summed E-state index contributed by atoms with van der Waals surface area (Å²) in [5.41, 5.74) is 4.87. The minimum absolute atomic E-state index is 0.213. The van der Waals surface area contributed by atoms with Gasteiger partial charge < -0.3 is 0 Å². The zero-order valence-corrected chi connectivity index (χ0v) is 14.7. The van der Waals surface area contributed by atoms with Crippen LogP contribution < -0.4 is 0 Å². The first kappa shape index (κ1) is 14.4. The molecule has 2 rings (SSSR count). The summed E-state index contributed by atoms with van der Waals surface area (Å²) < 4.78 is 1.25. The summed E-state index contributed by atoms with van der Waals surface area (Å²) in [6.45, 7) is 4.14. The Morgan fingerprint density at radius 3 is 2.28 bits per heavy atom. The van der Waals surface area contributed by atoms with E-state index in [0.29, 0.717) is 0 Å². The monoisotopic (exact) mass is 434 g/mol. The average Bonchev–Trinajstić information content (AvgIpc) is 2.34. The third-order valence-electron chi connectivity index (χ3n) is 2.98. The molecule has 18 heavy (non-hydrogen) atoms. The number of hydrogen-bond donors (Lipinski definition) is 0. The van der Waals surface area contributed by atoms with E-state index < -0.39 is 0 Å². The molecule has 0 radical (unpaired) electrons. The van der Waals surface area contributed by atoms with Gasteiger partial charge in [0.2, 0.25) is 0 Å². The molecule has 2 aromatic carbocycles. The Kier molecular flexibility index (Phi) is 4.73. The van der Waals surface area contributed by atoms with Crippen LogP contribution >= 0.6 is 50.1 Å². The van der Waals surface area contributed by atoms with Gasteiger partial charge in [0.1, 0.15) is 0 Å². The molecule has 0 fully saturated rings. The molecule has 0 aliphatic carbocycles. The first-order chi connectivity index (χ1) is 8.49. The largest absolute Gasteiger partial charge is 0.0840 e. The molecule has 1 unspecified atom stereocenters. The van der Waals surface area contributed by atoms with E-state index in [-0.39, 0.29) is 4.83 Å². The van der Waals surface area contributed by atoms with Crippen LogP contribution in [0.1, 0.15) is 27.1 Å². The summed E-state index contributed by atoms with van der Waals surface area (Å²) in [6.07, 6.45) is 0. The maximum atomic E-state index is 6.14. The molecule has 0 heterocycles. The van der Waals surface area contributed by atoms with Crippen molar-refractivity contribution >= 4 is 50.1 Å². The standard InChI is InChI=1S/C15H13BrClI/c1-9-8-14(17)10(2)7-13(9)15(16)11-3-5-12(18)6-4-11/h3-8,15H,1-2H3. The fourth-order valence-electron chi connectivity index (χ4n) is 1.89. The highest BCUT2D eigenvalue weighted by Gasteiger charge is 2.14. The van der Waals surface area contributed by atoms with Crippen LogP contribution in [0.3, 0.4) is 0 Å². The minimum atomic E-state index is 0.213. The van der Waals surface area contributed by atoms with Crippen LogP contribution in [0.15, 0.2) is 36.4 Å². The summed E-state index contributed by atoms with van der Waals surface area (Å²) in [7, 11) is 0. The summed E-state index contributed by atoms with van der Waals surface area (Å²) in [6, 6.07) is 12.8. The molecule has 1 atom stereocenters. The molecular formula is C15H13BrClI. The molecular weight excluding hydrogens is 422 g/mol.